The number of hydrogen-bond acceptors (Lipinski definition) is 5. The Morgan fingerprint density at radius 2 is 1.77 bits per heavy atom. The van der Waals surface area contributed by atoms with Gasteiger partial charge in [0, 0.05) is 30.1 Å². The zero-order valence-electron chi connectivity index (χ0n) is 20.2. The molecule has 0 bridgehead atoms. The van der Waals surface area contributed by atoms with Crippen molar-refractivity contribution in [3.05, 3.63) is 55.9 Å². The van der Waals surface area contributed by atoms with Crippen LogP contribution in [0.2, 0.25) is 0 Å². The van der Waals surface area contributed by atoms with Gasteiger partial charge >= 0.3 is 17.5 Å². The maximum Gasteiger partial charge on any atom is 0.417 e. The number of aromatic nitrogens is 2. The number of unbranched alkanes of at least 4 members (excludes halogenated alkanes) is 1. The highest BCUT2D eigenvalue weighted by atomic mass is 19.4. The van der Waals surface area contributed by atoms with Crippen molar-refractivity contribution >= 4 is 11.0 Å². The van der Waals surface area contributed by atoms with Crippen molar-refractivity contribution in [2.45, 2.75) is 78.6 Å². The number of aromatic hydroxyl groups is 1. The Bertz CT molecular complexity index is 1290. The molecular weight excluding hydrogens is 465 g/mol. The van der Waals surface area contributed by atoms with Gasteiger partial charge in [-0.25, -0.2) is 9.59 Å². The number of hydrogen-bond donors (Lipinski definition) is 1. The molecule has 0 atom stereocenters. The third kappa shape index (κ3) is 5.74. The molecule has 0 radical (unpaired) electrons. The van der Waals surface area contributed by atoms with Crippen LogP contribution < -0.4 is 16.1 Å². The Kier molecular flexibility index (Phi) is 8.34. The van der Waals surface area contributed by atoms with E-state index in [0.29, 0.717) is 74.6 Å². The Morgan fingerprint density at radius 1 is 1.06 bits per heavy atom. The highest BCUT2D eigenvalue weighted by Gasteiger charge is 2.35. The van der Waals surface area contributed by atoms with Crippen LogP contribution in [0.5, 0.6) is 11.6 Å². The summed E-state index contributed by atoms with van der Waals surface area (Å²) in [7, 11) is 0. The van der Waals surface area contributed by atoms with Crippen LogP contribution in [0.4, 0.5) is 13.2 Å². The molecule has 192 valence electrons. The summed E-state index contributed by atoms with van der Waals surface area (Å²) in [5.41, 5.74) is -1.33. The molecule has 0 aliphatic rings. The van der Waals surface area contributed by atoms with Gasteiger partial charge in [-0.2, -0.15) is 13.2 Å². The molecule has 1 N–H and O–H groups in total. The van der Waals surface area contributed by atoms with Crippen molar-refractivity contribution in [2.24, 2.45) is 0 Å². The lowest BCUT2D eigenvalue weighted by Gasteiger charge is -2.19. The zero-order valence-corrected chi connectivity index (χ0v) is 20.2. The van der Waals surface area contributed by atoms with Crippen molar-refractivity contribution < 1.29 is 27.4 Å². The molecule has 2 aromatic heterocycles. The fourth-order valence-electron chi connectivity index (χ4n) is 4.25. The van der Waals surface area contributed by atoms with E-state index in [1.54, 1.807) is 0 Å². The van der Waals surface area contributed by atoms with E-state index in [4.69, 9.17) is 9.15 Å². The number of halogens is 3. The normalized spacial score (nSPS) is 11.9. The fraction of sp³-hybridized carbons (Fsp3) is 0.520. The molecule has 0 saturated heterocycles. The second-order valence-electron chi connectivity index (χ2n) is 8.46. The summed E-state index contributed by atoms with van der Waals surface area (Å²) in [6, 6.07) is 1.92. The van der Waals surface area contributed by atoms with Crippen molar-refractivity contribution in [2.75, 3.05) is 6.61 Å². The number of rotatable bonds is 11. The molecule has 0 saturated carbocycles. The molecule has 2 heterocycles. The number of alkyl halides is 3. The average molecular weight is 497 g/mol. The van der Waals surface area contributed by atoms with Crippen LogP contribution in [0.15, 0.2) is 32.3 Å². The molecule has 3 rings (SSSR count). The molecule has 35 heavy (non-hydrogen) atoms. The van der Waals surface area contributed by atoms with Crippen LogP contribution in [0.3, 0.4) is 0 Å². The smallest absolute Gasteiger partial charge is 0.417 e. The topological polar surface area (TPSA) is 86.6 Å². The van der Waals surface area contributed by atoms with Gasteiger partial charge in [0.15, 0.2) is 0 Å². The van der Waals surface area contributed by atoms with Crippen molar-refractivity contribution in [3.8, 4) is 11.6 Å². The first-order chi connectivity index (χ1) is 16.6. The van der Waals surface area contributed by atoms with Gasteiger partial charge in [-0.3, -0.25) is 9.13 Å². The van der Waals surface area contributed by atoms with E-state index in [2.05, 4.69) is 0 Å². The maximum atomic E-state index is 13.7. The molecule has 0 amide bonds. The number of fused-ring (bicyclic) bond motifs is 1. The molecule has 1 aromatic carbocycles. The number of nitrogens with zero attached hydrogens (tertiary/aromatic N) is 2. The van der Waals surface area contributed by atoms with Crippen LogP contribution in [0.1, 0.15) is 63.1 Å². The number of aryl methyl sites for hydroxylation is 3. The van der Waals surface area contributed by atoms with Crippen molar-refractivity contribution in [3.63, 3.8) is 0 Å². The Labute approximate surface area is 200 Å². The predicted octanol–water partition coefficient (Wildman–Crippen LogP) is 5.26. The molecule has 0 fully saturated rings. The maximum absolute atomic E-state index is 13.7. The van der Waals surface area contributed by atoms with Gasteiger partial charge in [-0.15, -0.1) is 0 Å². The minimum atomic E-state index is -4.69. The SMILES string of the molecule is CCCc1cc2c(C(F)(F)F)cc(=O)oc2c(CCC)c1OCCCCn1c(O)cn(CC)c1=O. The van der Waals surface area contributed by atoms with Crippen LogP contribution >= 0.6 is 0 Å². The largest absolute Gasteiger partial charge is 0.493 e. The van der Waals surface area contributed by atoms with Crippen LogP contribution in [0.25, 0.3) is 11.0 Å². The predicted molar refractivity (Wildman–Crippen MR) is 126 cm³/mol. The first-order valence-corrected chi connectivity index (χ1v) is 11.9. The van der Waals surface area contributed by atoms with E-state index in [0.717, 1.165) is 0 Å². The minimum absolute atomic E-state index is 0.0843. The first kappa shape index (κ1) is 26.4. The molecule has 0 unspecified atom stereocenters. The first-order valence-electron chi connectivity index (χ1n) is 11.9. The summed E-state index contributed by atoms with van der Waals surface area (Å²) in [4.78, 5) is 24.2. The van der Waals surface area contributed by atoms with Crippen molar-refractivity contribution in [1.82, 2.24) is 9.13 Å². The van der Waals surface area contributed by atoms with Gasteiger partial charge in [0.2, 0.25) is 5.88 Å². The highest BCUT2D eigenvalue weighted by Crippen LogP contribution is 2.40. The second-order valence-corrected chi connectivity index (χ2v) is 8.46. The van der Waals surface area contributed by atoms with E-state index in [-0.39, 0.29) is 29.1 Å². The number of ether oxygens (including phenoxy) is 1. The van der Waals surface area contributed by atoms with Crippen LogP contribution in [0, 0.1) is 0 Å². The fourth-order valence-corrected chi connectivity index (χ4v) is 4.25. The van der Waals surface area contributed by atoms with Gasteiger partial charge in [-0.1, -0.05) is 26.7 Å². The van der Waals surface area contributed by atoms with E-state index < -0.39 is 17.4 Å². The summed E-state index contributed by atoms with van der Waals surface area (Å²) in [6.45, 7) is 6.65. The summed E-state index contributed by atoms with van der Waals surface area (Å²) in [5, 5.41) is 9.83. The van der Waals surface area contributed by atoms with E-state index >= 15 is 0 Å². The lowest BCUT2D eigenvalue weighted by molar-refractivity contribution is -0.136. The Balaban J connectivity index is 1.90. The summed E-state index contributed by atoms with van der Waals surface area (Å²) >= 11 is 0. The molecule has 3 aromatic rings. The summed E-state index contributed by atoms with van der Waals surface area (Å²) in [6.07, 6.45) is 0.0153. The van der Waals surface area contributed by atoms with E-state index in [9.17, 15) is 27.9 Å². The molecule has 7 nitrogen and oxygen atoms in total. The van der Waals surface area contributed by atoms with Gasteiger partial charge in [0.25, 0.3) is 0 Å². The molecular formula is C25H31F3N2O5. The highest BCUT2D eigenvalue weighted by molar-refractivity contribution is 5.87. The number of imidazole rings is 1. The minimum Gasteiger partial charge on any atom is -0.493 e. The van der Waals surface area contributed by atoms with Gasteiger partial charge in [-0.05, 0) is 44.2 Å². The van der Waals surface area contributed by atoms with Crippen LogP contribution in [-0.4, -0.2) is 20.8 Å². The van der Waals surface area contributed by atoms with Gasteiger partial charge in [0.05, 0.1) is 18.4 Å². The molecule has 0 spiro atoms. The molecule has 0 aliphatic carbocycles. The molecule has 10 heteroatoms. The quantitative estimate of drug-likeness (QED) is 0.289. The van der Waals surface area contributed by atoms with Gasteiger partial charge < -0.3 is 14.3 Å². The zero-order chi connectivity index (χ0) is 25.8. The lowest BCUT2D eigenvalue weighted by atomic mass is 9.96. The standard InChI is InChI=1S/C25H31F3N2O5/c1-4-9-16-13-18-19(25(26,27)28)14-21(32)35-23(18)17(10-5-2)22(16)34-12-8-7-11-30-20(31)15-29(6-3)24(30)33/h13-15,31H,4-12H2,1-3H3. The summed E-state index contributed by atoms with van der Waals surface area (Å²) < 4.78 is 55.1. The number of benzene rings is 1. The lowest BCUT2D eigenvalue weighted by Crippen LogP contribution is -2.23. The molecule has 0 aliphatic heterocycles. The Morgan fingerprint density at radius 3 is 2.37 bits per heavy atom. The van der Waals surface area contributed by atoms with E-state index in [1.807, 2.05) is 20.8 Å². The summed E-state index contributed by atoms with van der Waals surface area (Å²) in [5.74, 6) is 0.360. The average Bonchev–Trinajstić information content (AvgIpc) is 3.07. The van der Waals surface area contributed by atoms with Gasteiger partial charge in [0.1, 0.15) is 11.3 Å². The third-order valence-electron chi connectivity index (χ3n) is 5.87. The van der Waals surface area contributed by atoms with E-state index in [1.165, 1.54) is 21.4 Å². The monoisotopic (exact) mass is 496 g/mol. The van der Waals surface area contributed by atoms with Crippen molar-refractivity contribution in [1.29, 1.82) is 0 Å². The van der Waals surface area contributed by atoms with Crippen LogP contribution in [-0.2, 0) is 32.1 Å². The third-order valence-corrected chi connectivity index (χ3v) is 5.87. The second kappa shape index (κ2) is 11.0. The Hall–Kier alpha value is -3.17.